The lowest BCUT2D eigenvalue weighted by atomic mass is 9.90. The van der Waals surface area contributed by atoms with Crippen LogP contribution < -0.4 is 0 Å². The Balaban J connectivity index is 2.47. The smallest absolute Gasteiger partial charge is 0.282 e. The largest absolute Gasteiger partial charge is 0.295 e. The standard InChI is InChI=1S/C19H14O9S3/c1-2-3-10-8-14-17(31(26,27)28)9-16(30(23,24)25)13-5-4-12-15(29(20,21)22)7-6-11(10)18(12)19(13)14/h2,4-9H,1,3H2,(H,20,21,22)(H,23,24,25)(H,26,27,28). The van der Waals surface area contributed by atoms with E-state index in [2.05, 4.69) is 6.58 Å². The third-order valence-corrected chi connectivity index (χ3v) is 7.77. The summed E-state index contributed by atoms with van der Waals surface area (Å²) in [5, 5.41) is 0.449. The van der Waals surface area contributed by atoms with Crippen LogP contribution in [0.4, 0.5) is 0 Å². The van der Waals surface area contributed by atoms with Crippen LogP contribution in [0.3, 0.4) is 0 Å². The average molecular weight is 483 g/mol. The SMILES string of the molecule is C=CCc1cc2c(S(=O)(=O)O)cc(S(=O)(=O)O)c3ccc4c(S(=O)(=O)O)ccc1c4c32. The van der Waals surface area contributed by atoms with Crippen LogP contribution in [0.25, 0.3) is 32.3 Å². The topological polar surface area (TPSA) is 163 Å². The van der Waals surface area contributed by atoms with Gasteiger partial charge in [0.05, 0.1) is 0 Å². The second-order valence-corrected chi connectivity index (χ2v) is 11.1. The summed E-state index contributed by atoms with van der Waals surface area (Å²) in [5.74, 6) is 0. The lowest BCUT2D eigenvalue weighted by molar-refractivity contribution is 0.480. The third kappa shape index (κ3) is 3.37. The molecule has 4 aromatic carbocycles. The van der Waals surface area contributed by atoms with Crippen LogP contribution in [0.2, 0.25) is 0 Å². The van der Waals surface area contributed by atoms with E-state index in [1.165, 1.54) is 36.4 Å². The number of benzene rings is 4. The zero-order valence-corrected chi connectivity index (χ0v) is 17.9. The van der Waals surface area contributed by atoms with Crippen molar-refractivity contribution in [2.45, 2.75) is 21.1 Å². The molecule has 0 fully saturated rings. The van der Waals surface area contributed by atoms with Crippen molar-refractivity contribution in [2.75, 3.05) is 0 Å². The molecule has 31 heavy (non-hydrogen) atoms. The van der Waals surface area contributed by atoms with E-state index in [9.17, 15) is 38.9 Å². The predicted octanol–water partition coefficient (Wildman–Crippen LogP) is 3.05. The molecule has 0 heterocycles. The number of hydrogen-bond acceptors (Lipinski definition) is 6. The van der Waals surface area contributed by atoms with Gasteiger partial charge in [-0.25, -0.2) is 0 Å². The van der Waals surface area contributed by atoms with Gasteiger partial charge < -0.3 is 0 Å². The molecule has 162 valence electrons. The van der Waals surface area contributed by atoms with E-state index in [0.717, 1.165) is 0 Å². The molecule has 9 nitrogen and oxygen atoms in total. The van der Waals surface area contributed by atoms with Gasteiger partial charge in [-0.1, -0.05) is 24.3 Å². The molecule has 0 radical (unpaired) electrons. The van der Waals surface area contributed by atoms with Gasteiger partial charge in [-0.05, 0) is 41.0 Å². The highest BCUT2D eigenvalue weighted by molar-refractivity contribution is 7.87. The summed E-state index contributed by atoms with van der Waals surface area (Å²) < 4.78 is 101. The van der Waals surface area contributed by atoms with Gasteiger partial charge in [-0.3, -0.25) is 13.7 Å². The zero-order chi connectivity index (χ0) is 22.9. The fourth-order valence-corrected chi connectivity index (χ4v) is 6.12. The summed E-state index contributed by atoms with van der Waals surface area (Å²) in [6.45, 7) is 3.64. The van der Waals surface area contributed by atoms with Crippen molar-refractivity contribution in [1.82, 2.24) is 0 Å². The number of allylic oxidation sites excluding steroid dienone is 1. The molecule has 4 rings (SSSR count). The Morgan fingerprint density at radius 2 is 1.10 bits per heavy atom. The molecule has 0 aliphatic rings. The van der Waals surface area contributed by atoms with E-state index in [0.29, 0.717) is 17.0 Å². The van der Waals surface area contributed by atoms with E-state index >= 15 is 0 Å². The van der Waals surface area contributed by atoms with E-state index in [1.54, 1.807) is 0 Å². The van der Waals surface area contributed by atoms with Crippen LogP contribution in [-0.4, -0.2) is 38.9 Å². The molecule has 12 heteroatoms. The molecule has 0 unspecified atom stereocenters. The Morgan fingerprint density at radius 3 is 1.61 bits per heavy atom. The molecule has 4 aromatic rings. The first-order chi connectivity index (χ1) is 14.2. The monoisotopic (exact) mass is 482 g/mol. The molecule has 0 saturated heterocycles. The maximum absolute atomic E-state index is 12.1. The van der Waals surface area contributed by atoms with E-state index in [4.69, 9.17) is 0 Å². The zero-order valence-electron chi connectivity index (χ0n) is 15.5. The Kier molecular flexibility index (Phi) is 4.67. The maximum atomic E-state index is 12.1. The van der Waals surface area contributed by atoms with Crippen LogP contribution >= 0.6 is 0 Å². The van der Waals surface area contributed by atoms with Crippen molar-refractivity contribution in [3.05, 3.63) is 54.6 Å². The molecule has 0 amide bonds. The first-order valence-electron chi connectivity index (χ1n) is 8.56. The molecular weight excluding hydrogens is 468 g/mol. The van der Waals surface area contributed by atoms with Crippen molar-refractivity contribution in [2.24, 2.45) is 0 Å². The van der Waals surface area contributed by atoms with Gasteiger partial charge in [0.2, 0.25) is 0 Å². The van der Waals surface area contributed by atoms with Crippen molar-refractivity contribution in [3.8, 4) is 0 Å². The number of hydrogen-bond donors (Lipinski definition) is 3. The Morgan fingerprint density at radius 1 is 0.645 bits per heavy atom. The summed E-state index contributed by atoms with van der Waals surface area (Å²) >= 11 is 0. The predicted molar refractivity (Wildman–Crippen MR) is 113 cm³/mol. The summed E-state index contributed by atoms with van der Waals surface area (Å²) in [5.41, 5.74) is 0.520. The molecule has 0 aromatic heterocycles. The highest BCUT2D eigenvalue weighted by Crippen LogP contribution is 2.43. The third-order valence-electron chi connectivity index (χ3n) is 5.07. The fourth-order valence-electron chi connectivity index (χ4n) is 3.94. The highest BCUT2D eigenvalue weighted by atomic mass is 32.2. The quantitative estimate of drug-likeness (QED) is 0.220. The van der Waals surface area contributed by atoms with E-state index in [-0.39, 0.29) is 33.4 Å². The van der Waals surface area contributed by atoms with Gasteiger partial charge in [0, 0.05) is 21.5 Å². The highest BCUT2D eigenvalue weighted by Gasteiger charge is 2.27. The molecule has 3 N–H and O–H groups in total. The van der Waals surface area contributed by atoms with Crippen molar-refractivity contribution in [3.63, 3.8) is 0 Å². The first-order valence-corrected chi connectivity index (χ1v) is 12.9. The fraction of sp³-hybridized carbons (Fsp3) is 0.0526. The normalized spacial score (nSPS) is 13.4. The van der Waals surface area contributed by atoms with Gasteiger partial charge >= 0.3 is 0 Å². The van der Waals surface area contributed by atoms with Crippen molar-refractivity contribution in [1.29, 1.82) is 0 Å². The van der Waals surface area contributed by atoms with Gasteiger partial charge in [0.15, 0.2) is 0 Å². The second kappa shape index (κ2) is 6.69. The van der Waals surface area contributed by atoms with Gasteiger partial charge in [0.1, 0.15) is 14.7 Å². The Bertz CT molecular complexity index is 1730. The minimum absolute atomic E-state index is 0.00596. The summed E-state index contributed by atoms with van der Waals surface area (Å²) in [6.07, 6.45) is 1.76. The molecule has 0 aliphatic carbocycles. The van der Waals surface area contributed by atoms with Gasteiger partial charge in [-0.15, -0.1) is 6.58 Å². The average Bonchev–Trinajstić information content (AvgIpc) is 2.63. The molecule has 0 aliphatic heterocycles. The van der Waals surface area contributed by atoms with Crippen molar-refractivity contribution >= 4 is 62.7 Å². The van der Waals surface area contributed by atoms with Crippen LogP contribution in [0.15, 0.2) is 63.7 Å². The molecular formula is C19H14O9S3. The molecule has 0 atom stereocenters. The molecule has 0 spiro atoms. The van der Waals surface area contributed by atoms with Gasteiger partial charge in [0.25, 0.3) is 30.4 Å². The lowest BCUT2D eigenvalue weighted by Gasteiger charge is -2.18. The minimum atomic E-state index is -4.95. The molecule has 0 saturated carbocycles. The Labute approximate surface area is 177 Å². The summed E-state index contributed by atoms with van der Waals surface area (Å²) in [6, 6.07) is 7.10. The van der Waals surface area contributed by atoms with Crippen molar-refractivity contribution < 1.29 is 38.9 Å². The summed E-state index contributed by atoms with van der Waals surface area (Å²) in [4.78, 5) is -2.02. The van der Waals surface area contributed by atoms with Crippen LogP contribution in [-0.2, 0) is 36.8 Å². The Hall–Kier alpha value is -2.61. The van der Waals surface area contributed by atoms with E-state index < -0.39 is 45.0 Å². The second-order valence-electron chi connectivity index (χ2n) is 6.90. The number of rotatable bonds is 5. The summed E-state index contributed by atoms with van der Waals surface area (Å²) in [7, 11) is -14.6. The van der Waals surface area contributed by atoms with E-state index in [1.807, 2.05) is 0 Å². The van der Waals surface area contributed by atoms with Crippen LogP contribution in [0, 0.1) is 0 Å². The first kappa shape index (κ1) is 21.6. The lowest BCUT2D eigenvalue weighted by Crippen LogP contribution is -2.07. The molecule has 0 bridgehead atoms. The van der Waals surface area contributed by atoms with Crippen LogP contribution in [0.5, 0.6) is 0 Å². The van der Waals surface area contributed by atoms with Crippen LogP contribution in [0.1, 0.15) is 5.56 Å². The maximum Gasteiger partial charge on any atom is 0.295 e. The minimum Gasteiger partial charge on any atom is -0.282 e. The van der Waals surface area contributed by atoms with Gasteiger partial charge in [-0.2, -0.15) is 25.3 Å².